The third-order valence-electron chi connectivity index (χ3n) is 3.15. The summed E-state index contributed by atoms with van der Waals surface area (Å²) in [6.45, 7) is 7.29. The second-order valence-electron chi connectivity index (χ2n) is 4.33. The van der Waals surface area contributed by atoms with Crippen molar-refractivity contribution in [1.29, 1.82) is 0 Å². The van der Waals surface area contributed by atoms with Gasteiger partial charge in [-0.05, 0) is 38.8 Å². The number of unbranched alkanes of at least 4 members (excludes halogenated alkanes) is 1. The molecule has 2 heteroatoms. The van der Waals surface area contributed by atoms with Crippen molar-refractivity contribution in [3.8, 4) is 0 Å². The third kappa shape index (κ3) is 4.43. The Morgan fingerprint density at radius 3 is 2.57 bits per heavy atom. The number of hydrogen-bond acceptors (Lipinski definition) is 1. The van der Waals surface area contributed by atoms with Gasteiger partial charge in [0.1, 0.15) is 0 Å². The second kappa shape index (κ2) is 8.25. The zero-order chi connectivity index (χ0) is 9.52. The Labute approximate surface area is 89.0 Å². The van der Waals surface area contributed by atoms with Crippen LogP contribution in [-0.4, -0.2) is 29.5 Å². The van der Waals surface area contributed by atoms with Crippen molar-refractivity contribution in [1.82, 2.24) is 4.90 Å². The Bertz CT molecular complexity index is 125. The first-order chi connectivity index (χ1) is 6.38. The van der Waals surface area contributed by atoms with Gasteiger partial charge in [-0.2, -0.15) is 0 Å². The Morgan fingerprint density at radius 1 is 1.14 bits per heavy atom. The highest BCUT2D eigenvalue weighted by molar-refractivity contribution is 4.76. The van der Waals surface area contributed by atoms with Crippen LogP contribution in [0.2, 0.25) is 0 Å². The molecule has 0 radical (unpaired) electrons. The van der Waals surface area contributed by atoms with Gasteiger partial charge in [-0.25, -0.2) is 0 Å². The van der Waals surface area contributed by atoms with Crippen LogP contribution in [0.15, 0.2) is 0 Å². The summed E-state index contributed by atoms with van der Waals surface area (Å²) in [4.78, 5) is 2.72. The molecule has 14 heavy (non-hydrogen) atoms. The molecule has 1 rings (SSSR count). The molecule has 1 aliphatic heterocycles. The summed E-state index contributed by atoms with van der Waals surface area (Å²) in [7, 11) is 0. The van der Waals surface area contributed by atoms with Crippen LogP contribution in [0.25, 0.3) is 0 Å². The van der Waals surface area contributed by atoms with Gasteiger partial charge in [-0.1, -0.05) is 33.1 Å². The summed E-state index contributed by atoms with van der Waals surface area (Å²) in [5.41, 5.74) is 0. The Hall–Kier alpha value is -0.0800. The molecule has 1 atom stereocenters. The highest BCUT2D eigenvalue weighted by Gasteiger charge is 2.20. The van der Waals surface area contributed by atoms with Crippen LogP contribution < -0.4 is 0 Å². The fourth-order valence-corrected chi connectivity index (χ4v) is 2.41. The van der Waals surface area contributed by atoms with Crippen LogP contribution in [-0.2, 0) is 0 Å². The number of rotatable bonds is 5. The maximum Gasteiger partial charge on any atom is 0.00952 e. The monoisotopic (exact) mass is 201 g/mol. The van der Waals surface area contributed by atoms with E-state index in [0.29, 0.717) is 0 Å². The topological polar surface area (TPSA) is 34.7 Å². The quantitative estimate of drug-likeness (QED) is 0.673. The smallest absolute Gasteiger partial charge is 0.00952 e. The standard InChI is InChI=1S/C12H25N.H2O/c1-3-5-8-12-9-6-7-11-13(12)10-4-2;/h12H,3-11H2,1-2H3;1H2. The number of piperidine rings is 1. The van der Waals surface area contributed by atoms with E-state index in [9.17, 15) is 0 Å². The molecule has 0 aliphatic carbocycles. The largest absolute Gasteiger partial charge is 0.412 e. The van der Waals surface area contributed by atoms with Crippen LogP contribution in [0.5, 0.6) is 0 Å². The van der Waals surface area contributed by atoms with Crippen molar-refractivity contribution in [3.63, 3.8) is 0 Å². The molecule has 1 fully saturated rings. The number of likely N-dealkylation sites (tertiary alicyclic amines) is 1. The second-order valence-corrected chi connectivity index (χ2v) is 4.33. The SMILES string of the molecule is CCCCC1CCCCN1CCC.O. The molecule has 1 heterocycles. The zero-order valence-electron chi connectivity index (χ0n) is 9.89. The molecule has 1 aliphatic rings. The first-order valence-corrected chi connectivity index (χ1v) is 6.12. The molecule has 1 saturated heterocycles. The molecule has 0 aromatic heterocycles. The van der Waals surface area contributed by atoms with Gasteiger partial charge in [0.15, 0.2) is 0 Å². The summed E-state index contributed by atoms with van der Waals surface area (Å²) in [5.74, 6) is 0. The van der Waals surface area contributed by atoms with Crippen LogP contribution in [0.3, 0.4) is 0 Å². The Kier molecular flexibility index (Phi) is 8.20. The Morgan fingerprint density at radius 2 is 1.93 bits per heavy atom. The average Bonchev–Trinajstić information content (AvgIpc) is 2.17. The first-order valence-electron chi connectivity index (χ1n) is 6.12. The molecule has 2 N–H and O–H groups in total. The fourth-order valence-electron chi connectivity index (χ4n) is 2.41. The van der Waals surface area contributed by atoms with Crippen molar-refractivity contribution in [2.75, 3.05) is 13.1 Å². The normalized spacial score (nSPS) is 23.1. The number of hydrogen-bond donors (Lipinski definition) is 0. The Balaban J connectivity index is 0.00000169. The highest BCUT2D eigenvalue weighted by Crippen LogP contribution is 2.21. The van der Waals surface area contributed by atoms with Crippen molar-refractivity contribution < 1.29 is 5.48 Å². The van der Waals surface area contributed by atoms with Gasteiger partial charge in [0.25, 0.3) is 0 Å². The zero-order valence-corrected chi connectivity index (χ0v) is 9.89. The van der Waals surface area contributed by atoms with E-state index in [4.69, 9.17) is 0 Å². The van der Waals surface area contributed by atoms with E-state index < -0.39 is 0 Å². The van der Waals surface area contributed by atoms with E-state index in [0.717, 1.165) is 6.04 Å². The van der Waals surface area contributed by atoms with E-state index in [1.165, 1.54) is 58.0 Å². The average molecular weight is 201 g/mol. The molecule has 86 valence electrons. The molecule has 0 aromatic carbocycles. The minimum Gasteiger partial charge on any atom is -0.412 e. The lowest BCUT2D eigenvalue weighted by Crippen LogP contribution is -2.39. The summed E-state index contributed by atoms with van der Waals surface area (Å²) < 4.78 is 0. The van der Waals surface area contributed by atoms with Gasteiger partial charge >= 0.3 is 0 Å². The molecule has 0 aromatic rings. The van der Waals surface area contributed by atoms with Crippen LogP contribution >= 0.6 is 0 Å². The van der Waals surface area contributed by atoms with Crippen molar-refractivity contribution in [2.45, 2.75) is 64.8 Å². The maximum atomic E-state index is 2.72. The van der Waals surface area contributed by atoms with Crippen LogP contribution in [0, 0.1) is 0 Å². The van der Waals surface area contributed by atoms with E-state index in [1.54, 1.807) is 0 Å². The maximum absolute atomic E-state index is 2.72. The summed E-state index contributed by atoms with van der Waals surface area (Å²) >= 11 is 0. The number of nitrogens with zero attached hydrogens (tertiary/aromatic N) is 1. The van der Waals surface area contributed by atoms with Gasteiger partial charge < -0.3 is 10.4 Å². The predicted molar refractivity (Wildman–Crippen MR) is 62.6 cm³/mol. The van der Waals surface area contributed by atoms with E-state index in [1.807, 2.05) is 0 Å². The lowest BCUT2D eigenvalue weighted by atomic mass is 9.97. The lowest BCUT2D eigenvalue weighted by Gasteiger charge is -2.35. The fraction of sp³-hybridized carbons (Fsp3) is 1.00. The molecule has 2 nitrogen and oxygen atoms in total. The molecule has 0 amide bonds. The van der Waals surface area contributed by atoms with E-state index >= 15 is 0 Å². The van der Waals surface area contributed by atoms with Crippen molar-refractivity contribution in [3.05, 3.63) is 0 Å². The first kappa shape index (κ1) is 13.9. The summed E-state index contributed by atoms with van der Waals surface area (Å²) in [6, 6.07) is 0.925. The van der Waals surface area contributed by atoms with E-state index in [2.05, 4.69) is 18.7 Å². The molecule has 1 unspecified atom stereocenters. The van der Waals surface area contributed by atoms with Gasteiger partial charge in [-0.15, -0.1) is 0 Å². The molecular weight excluding hydrogens is 174 g/mol. The van der Waals surface area contributed by atoms with Gasteiger partial charge in [0.05, 0.1) is 0 Å². The van der Waals surface area contributed by atoms with Crippen molar-refractivity contribution in [2.24, 2.45) is 0 Å². The van der Waals surface area contributed by atoms with E-state index in [-0.39, 0.29) is 5.48 Å². The molecular formula is C12H27NO. The van der Waals surface area contributed by atoms with Gasteiger partial charge in [0, 0.05) is 6.04 Å². The van der Waals surface area contributed by atoms with Crippen LogP contribution in [0.1, 0.15) is 58.8 Å². The third-order valence-corrected chi connectivity index (χ3v) is 3.15. The highest BCUT2D eigenvalue weighted by atomic mass is 16.0. The lowest BCUT2D eigenvalue weighted by molar-refractivity contribution is 0.138. The molecule has 0 saturated carbocycles. The minimum atomic E-state index is 0. The van der Waals surface area contributed by atoms with Crippen LogP contribution in [0.4, 0.5) is 0 Å². The van der Waals surface area contributed by atoms with Crippen molar-refractivity contribution >= 4 is 0 Å². The molecule has 0 bridgehead atoms. The van der Waals surface area contributed by atoms with Gasteiger partial charge in [-0.3, -0.25) is 0 Å². The predicted octanol–water partition coefficient (Wildman–Crippen LogP) is 2.62. The minimum absolute atomic E-state index is 0. The summed E-state index contributed by atoms with van der Waals surface area (Å²) in [5, 5.41) is 0. The molecule has 0 spiro atoms. The van der Waals surface area contributed by atoms with Gasteiger partial charge in [0.2, 0.25) is 0 Å². The summed E-state index contributed by atoms with van der Waals surface area (Å²) in [6.07, 6.45) is 9.90.